The number of unbranched alkanes of at least 4 members (excludes halogenated alkanes) is 7. The third kappa shape index (κ3) is 10.2. The van der Waals surface area contributed by atoms with E-state index >= 15 is 0 Å². The molecule has 0 radical (unpaired) electrons. The highest BCUT2D eigenvalue weighted by Gasteiger charge is 2.51. The molecule has 2 fully saturated rings. The molecule has 0 bridgehead atoms. The van der Waals surface area contributed by atoms with Crippen molar-refractivity contribution in [2.75, 3.05) is 19.8 Å². The monoisotopic (exact) mass is 578 g/mol. The van der Waals surface area contributed by atoms with E-state index in [9.17, 15) is 41.0 Å². The van der Waals surface area contributed by atoms with Crippen molar-refractivity contribution in [2.45, 2.75) is 139 Å². The molecule has 0 aliphatic carbocycles. The summed E-state index contributed by atoms with van der Waals surface area (Å²) in [5.41, 5.74) is 9.48. The molecule has 2 aliphatic heterocycles. The number of ether oxygens (including phenoxy) is 4. The first-order valence-corrected chi connectivity index (χ1v) is 14.3. The third-order valence-electron chi connectivity index (χ3n) is 7.37. The van der Waals surface area contributed by atoms with E-state index in [0.29, 0.717) is 6.42 Å². The smallest absolute Gasteiger partial charge is 0.217 e. The number of hydrogen-bond acceptors (Lipinski definition) is 12. The van der Waals surface area contributed by atoms with Gasteiger partial charge in [0, 0.05) is 13.0 Å². The van der Waals surface area contributed by atoms with Crippen molar-refractivity contribution in [3.8, 4) is 0 Å². The zero-order valence-electron chi connectivity index (χ0n) is 23.5. The molecular weight excluding hydrogens is 530 g/mol. The minimum Gasteiger partial charge on any atom is -0.712 e. The van der Waals surface area contributed by atoms with Gasteiger partial charge in [-0.25, -0.2) is 0 Å². The first-order chi connectivity index (χ1) is 19.2. The molecular formula is C26H48N3O11-. The first-order valence-electron chi connectivity index (χ1n) is 14.3. The summed E-state index contributed by atoms with van der Waals surface area (Å²) in [5.74, 6) is -0.516. The van der Waals surface area contributed by atoms with Gasteiger partial charge >= 0.3 is 0 Å². The number of rotatable bonds is 18. The molecule has 2 aliphatic rings. The second-order valence-corrected chi connectivity index (χ2v) is 10.6. The van der Waals surface area contributed by atoms with Gasteiger partial charge in [0.05, 0.1) is 19.8 Å². The highest BCUT2D eigenvalue weighted by atomic mass is 16.7. The highest BCUT2D eigenvalue weighted by Crippen LogP contribution is 2.30. The van der Waals surface area contributed by atoms with E-state index in [2.05, 4.69) is 17.4 Å². The lowest BCUT2D eigenvalue weighted by Crippen LogP contribution is -2.67. The lowest BCUT2D eigenvalue weighted by atomic mass is 9.95. The Morgan fingerprint density at radius 1 is 0.875 bits per heavy atom. The van der Waals surface area contributed by atoms with Crippen LogP contribution in [0.2, 0.25) is 0 Å². The number of amides is 1. The molecule has 234 valence electrons. The number of carbonyl (C=O) groups excluding carboxylic acids is 1. The van der Waals surface area contributed by atoms with Gasteiger partial charge in [-0.1, -0.05) is 58.3 Å². The second-order valence-electron chi connectivity index (χ2n) is 10.6. The topological polar surface area (TPSA) is 222 Å². The predicted octanol–water partition coefficient (Wildman–Crippen LogP) is -0.308. The summed E-state index contributed by atoms with van der Waals surface area (Å²) < 4.78 is 22.6. The summed E-state index contributed by atoms with van der Waals surface area (Å²) in [6.45, 7) is 2.00. The average Bonchev–Trinajstić information content (AvgIpc) is 2.94. The van der Waals surface area contributed by atoms with Gasteiger partial charge in [-0.05, 0) is 6.42 Å². The van der Waals surface area contributed by atoms with Crippen molar-refractivity contribution in [3.63, 3.8) is 0 Å². The maximum absolute atomic E-state index is 11.9. The number of nitrogens with one attached hydrogen (secondary N) is 1. The number of hydrogen-bond donors (Lipinski definition) is 7. The summed E-state index contributed by atoms with van der Waals surface area (Å²) in [6, 6.07) is -1.74. The van der Waals surface area contributed by atoms with E-state index in [-0.39, 0.29) is 6.61 Å². The Balaban J connectivity index is 1.98. The minimum absolute atomic E-state index is 0.0726. The van der Waals surface area contributed by atoms with Crippen LogP contribution in [0.4, 0.5) is 0 Å². The molecule has 14 nitrogen and oxygen atoms in total. The number of aliphatic hydroxyl groups is 6. The number of nitrogens with zero attached hydrogens (tertiary/aromatic N) is 2. The van der Waals surface area contributed by atoms with Crippen LogP contribution in [0, 0.1) is 0 Å². The van der Waals surface area contributed by atoms with Gasteiger partial charge in [0.2, 0.25) is 5.91 Å². The molecule has 7 N–H and O–H groups in total. The Kier molecular flexibility index (Phi) is 15.9. The quantitative estimate of drug-likeness (QED) is 0.0825. The molecule has 0 spiro atoms. The molecule has 5 unspecified atom stereocenters. The third-order valence-corrected chi connectivity index (χ3v) is 7.37. The molecule has 14 heteroatoms. The molecule has 40 heavy (non-hydrogen) atoms. The van der Waals surface area contributed by atoms with Crippen LogP contribution < -0.4 is 5.32 Å². The summed E-state index contributed by atoms with van der Waals surface area (Å²) in [5, 5.41) is 66.8. The summed E-state index contributed by atoms with van der Waals surface area (Å²) in [6.07, 6.45) is -3.73. The van der Waals surface area contributed by atoms with Crippen LogP contribution in [0.3, 0.4) is 0 Å². The Bertz CT molecular complexity index is 734. The first kappa shape index (κ1) is 34.9. The van der Waals surface area contributed by atoms with Crippen LogP contribution in [0.15, 0.2) is 5.11 Å². The largest absolute Gasteiger partial charge is 0.712 e. The summed E-state index contributed by atoms with van der Waals surface area (Å²) in [7, 11) is 0. The molecule has 0 aromatic heterocycles. The Hall–Kier alpha value is -1.33. The number of carbonyl (C=O) groups is 1. The van der Waals surface area contributed by atoms with Gasteiger partial charge in [0.15, 0.2) is 12.6 Å². The fourth-order valence-electron chi connectivity index (χ4n) is 4.99. The second kappa shape index (κ2) is 18.3. The van der Waals surface area contributed by atoms with Gasteiger partial charge in [-0.3, -0.25) is 4.79 Å². The summed E-state index contributed by atoms with van der Waals surface area (Å²) >= 11 is 0. The van der Waals surface area contributed by atoms with Gasteiger partial charge in [0.25, 0.3) is 0 Å². The van der Waals surface area contributed by atoms with Crippen molar-refractivity contribution in [1.82, 2.24) is 5.32 Å². The maximum Gasteiger partial charge on any atom is 0.217 e. The minimum atomic E-state index is -1.75. The van der Waals surface area contributed by atoms with E-state index in [0.717, 1.165) is 19.3 Å². The van der Waals surface area contributed by atoms with Crippen molar-refractivity contribution < 1.29 is 54.4 Å². The van der Waals surface area contributed by atoms with Gasteiger partial charge in [-0.2, -0.15) is 0 Å². The van der Waals surface area contributed by atoms with E-state index in [1.807, 2.05) is 0 Å². The standard InChI is InChI=1S/C26H48N3O11/c1-3-4-5-6-7-8-9-10-11-16(29-27)14-37-25-19(28-15(2)32)21(34)24(18(13-31)39-25)40-26-23(36)22(35)20(33)17(12-30)38-26/h16-26,30-31,33-36H,3-14H2,1-2H3,(H,28,32)/q-1/t16?,17?,18?,19?,20-,21+,22-,23?,24+,25+,26-/m0/s1. The highest BCUT2D eigenvalue weighted by molar-refractivity contribution is 5.73. The van der Waals surface area contributed by atoms with E-state index in [1.54, 1.807) is 0 Å². The zero-order valence-corrected chi connectivity index (χ0v) is 23.5. The van der Waals surface area contributed by atoms with Gasteiger partial charge in [0.1, 0.15) is 48.8 Å². The zero-order chi connectivity index (χ0) is 29.7. The average molecular weight is 579 g/mol. The van der Waals surface area contributed by atoms with Crippen LogP contribution in [0.1, 0.15) is 71.6 Å². The fraction of sp³-hybridized carbons (Fsp3) is 0.962. The Morgan fingerprint density at radius 2 is 1.48 bits per heavy atom. The van der Waals surface area contributed by atoms with Crippen LogP contribution in [0.5, 0.6) is 0 Å². The molecule has 1 amide bonds. The Morgan fingerprint density at radius 3 is 2.05 bits per heavy atom. The molecule has 0 aromatic rings. The Labute approximate surface area is 235 Å². The fourth-order valence-corrected chi connectivity index (χ4v) is 4.99. The number of aliphatic hydroxyl groups excluding tert-OH is 6. The van der Waals surface area contributed by atoms with Crippen molar-refractivity contribution in [3.05, 3.63) is 5.53 Å². The molecule has 2 heterocycles. The predicted molar refractivity (Wildman–Crippen MR) is 141 cm³/mol. The molecule has 2 rings (SSSR count). The van der Waals surface area contributed by atoms with Crippen LogP contribution in [-0.4, -0.2) is 124 Å². The van der Waals surface area contributed by atoms with Gasteiger partial charge < -0.3 is 65.5 Å². The van der Waals surface area contributed by atoms with Crippen LogP contribution in [0.25, 0.3) is 5.53 Å². The molecule has 0 saturated carbocycles. The lowest BCUT2D eigenvalue weighted by molar-refractivity contribution is -0.348. The lowest BCUT2D eigenvalue weighted by Gasteiger charge is -2.47. The molecule has 11 atom stereocenters. The maximum atomic E-state index is 11.9. The van der Waals surface area contributed by atoms with Crippen LogP contribution in [-0.2, 0) is 23.7 Å². The van der Waals surface area contributed by atoms with Crippen molar-refractivity contribution in [2.24, 2.45) is 5.11 Å². The van der Waals surface area contributed by atoms with Crippen molar-refractivity contribution in [1.29, 1.82) is 0 Å². The van der Waals surface area contributed by atoms with E-state index in [1.165, 1.54) is 39.0 Å². The molecule has 0 aromatic carbocycles. The van der Waals surface area contributed by atoms with Crippen molar-refractivity contribution >= 4 is 5.91 Å². The van der Waals surface area contributed by atoms with E-state index in [4.69, 9.17) is 18.9 Å². The normalized spacial score (nSPS) is 35.3. The summed E-state index contributed by atoms with van der Waals surface area (Å²) in [4.78, 5) is 11.9. The van der Waals surface area contributed by atoms with E-state index < -0.39 is 86.5 Å². The van der Waals surface area contributed by atoms with Crippen LogP contribution >= 0.6 is 0 Å². The van der Waals surface area contributed by atoms with Gasteiger partial charge in [-0.15, -0.1) is 0 Å². The molecule has 2 saturated heterocycles. The SMILES string of the molecule is CCCCCCCCCCC(CO[C@@H]1OC(CO)[C@@H](O[C@@H]2OC(CO)[C@H](O)[C@H](O)C2O)[C@H](O)C1NC(C)=O)N=[N-].